The molecule has 0 aliphatic carbocycles. The van der Waals surface area contributed by atoms with Gasteiger partial charge in [-0.3, -0.25) is 0 Å². The predicted octanol–water partition coefficient (Wildman–Crippen LogP) is 0.600. The lowest BCUT2D eigenvalue weighted by Crippen LogP contribution is -3.00. The van der Waals surface area contributed by atoms with E-state index in [9.17, 15) is 0 Å². The van der Waals surface area contributed by atoms with Crippen LogP contribution in [0.15, 0.2) is 24.5 Å². The minimum atomic E-state index is 0. The first-order valence-electron chi connectivity index (χ1n) is 6.76. The van der Waals surface area contributed by atoms with Crippen LogP contribution in [0.25, 0.3) is 0 Å². The molecule has 0 saturated heterocycles. The van der Waals surface area contributed by atoms with Gasteiger partial charge in [-0.15, -0.1) is 0 Å². The van der Waals surface area contributed by atoms with Crippen LogP contribution in [0.2, 0.25) is 0 Å². The zero-order valence-electron chi connectivity index (χ0n) is 11.2. The molecule has 0 aromatic carbocycles. The van der Waals surface area contributed by atoms with E-state index >= 15 is 0 Å². The SMILES string of the molecule is CCCCCCCCC[n+]1ccc(C#N)cc1.[Br-]. The van der Waals surface area contributed by atoms with Crippen molar-refractivity contribution in [2.45, 2.75) is 58.4 Å². The Morgan fingerprint density at radius 1 is 1.00 bits per heavy atom. The highest BCUT2D eigenvalue weighted by Gasteiger charge is 2.00. The quantitative estimate of drug-likeness (QED) is 0.510. The predicted molar refractivity (Wildman–Crippen MR) is 69.3 cm³/mol. The van der Waals surface area contributed by atoms with Crippen LogP contribution in [0.3, 0.4) is 0 Å². The van der Waals surface area contributed by atoms with Crippen molar-refractivity contribution in [1.82, 2.24) is 0 Å². The maximum atomic E-state index is 8.69. The second-order valence-electron chi connectivity index (χ2n) is 4.56. The third kappa shape index (κ3) is 7.45. The van der Waals surface area contributed by atoms with Crippen LogP contribution in [0.4, 0.5) is 0 Å². The highest BCUT2D eigenvalue weighted by molar-refractivity contribution is 5.23. The van der Waals surface area contributed by atoms with Crippen molar-refractivity contribution in [3.05, 3.63) is 30.1 Å². The zero-order chi connectivity index (χ0) is 12.3. The maximum Gasteiger partial charge on any atom is 0.170 e. The van der Waals surface area contributed by atoms with Crippen LogP contribution >= 0.6 is 0 Å². The molecule has 0 aliphatic rings. The summed E-state index contributed by atoms with van der Waals surface area (Å²) in [5, 5.41) is 8.69. The van der Waals surface area contributed by atoms with Gasteiger partial charge in [-0.25, -0.2) is 4.57 Å². The van der Waals surface area contributed by atoms with Gasteiger partial charge in [0.2, 0.25) is 0 Å². The van der Waals surface area contributed by atoms with Gasteiger partial charge < -0.3 is 17.0 Å². The van der Waals surface area contributed by atoms with E-state index < -0.39 is 0 Å². The van der Waals surface area contributed by atoms with E-state index in [1.807, 2.05) is 24.5 Å². The van der Waals surface area contributed by atoms with E-state index in [0.717, 1.165) is 12.1 Å². The fourth-order valence-electron chi connectivity index (χ4n) is 1.93. The monoisotopic (exact) mass is 310 g/mol. The Balaban J connectivity index is 0.00000289. The van der Waals surface area contributed by atoms with E-state index in [1.165, 1.54) is 44.9 Å². The van der Waals surface area contributed by atoms with Gasteiger partial charge in [-0.05, 0) is 6.42 Å². The second kappa shape index (κ2) is 11.2. The molecule has 0 aliphatic heterocycles. The first-order chi connectivity index (χ1) is 8.36. The molecule has 3 heteroatoms. The van der Waals surface area contributed by atoms with Gasteiger partial charge in [-0.1, -0.05) is 39.0 Å². The average molecular weight is 311 g/mol. The van der Waals surface area contributed by atoms with Crippen molar-refractivity contribution >= 4 is 0 Å². The molecule has 0 N–H and O–H groups in total. The van der Waals surface area contributed by atoms with E-state index in [2.05, 4.69) is 17.6 Å². The number of aromatic nitrogens is 1. The molecule has 1 heterocycles. The number of unbranched alkanes of at least 4 members (excludes halogenated alkanes) is 6. The van der Waals surface area contributed by atoms with E-state index in [-0.39, 0.29) is 17.0 Å². The number of rotatable bonds is 8. The van der Waals surface area contributed by atoms with Crippen molar-refractivity contribution < 1.29 is 21.5 Å². The minimum absolute atomic E-state index is 0. The highest BCUT2D eigenvalue weighted by atomic mass is 79.9. The van der Waals surface area contributed by atoms with Gasteiger partial charge in [0.1, 0.15) is 6.54 Å². The molecule has 1 rings (SSSR count). The molecule has 0 amide bonds. The van der Waals surface area contributed by atoms with E-state index in [1.54, 1.807) is 0 Å². The third-order valence-electron chi connectivity index (χ3n) is 3.04. The lowest BCUT2D eigenvalue weighted by molar-refractivity contribution is -0.697. The summed E-state index contributed by atoms with van der Waals surface area (Å²) in [5.41, 5.74) is 0.737. The fourth-order valence-corrected chi connectivity index (χ4v) is 1.93. The summed E-state index contributed by atoms with van der Waals surface area (Å²) >= 11 is 0. The molecule has 1 aromatic rings. The maximum absolute atomic E-state index is 8.69. The molecule has 0 bridgehead atoms. The fraction of sp³-hybridized carbons (Fsp3) is 0.600. The Morgan fingerprint density at radius 3 is 2.11 bits per heavy atom. The zero-order valence-corrected chi connectivity index (χ0v) is 12.8. The number of aryl methyl sites for hydroxylation is 1. The number of nitriles is 1. The van der Waals surface area contributed by atoms with Gasteiger partial charge in [0.25, 0.3) is 0 Å². The normalized spacial score (nSPS) is 9.56. The molecule has 18 heavy (non-hydrogen) atoms. The number of hydrogen-bond acceptors (Lipinski definition) is 1. The Bertz CT molecular complexity index is 341. The van der Waals surface area contributed by atoms with Gasteiger partial charge in [0.15, 0.2) is 12.4 Å². The highest BCUT2D eigenvalue weighted by Crippen LogP contribution is 2.06. The van der Waals surface area contributed by atoms with Gasteiger partial charge in [-0.2, -0.15) is 5.26 Å². The number of pyridine rings is 1. The smallest absolute Gasteiger partial charge is 0.170 e. The van der Waals surface area contributed by atoms with E-state index in [0.29, 0.717) is 0 Å². The Morgan fingerprint density at radius 2 is 1.56 bits per heavy atom. The van der Waals surface area contributed by atoms with Crippen molar-refractivity contribution in [2.24, 2.45) is 0 Å². The van der Waals surface area contributed by atoms with Crippen LogP contribution in [-0.2, 0) is 6.54 Å². The third-order valence-corrected chi connectivity index (χ3v) is 3.04. The molecule has 0 radical (unpaired) electrons. The standard InChI is InChI=1S/C15H23N2.BrH/c1-2-3-4-5-6-7-8-11-17-12-9-15(14-16)10-13-17;/h9-10,12-13H,2-8,11H2,1H3;1H/q+1;/p-1. The topological polar surface area (TPSA) is 27.7 Å². The van der Waals surface area contributed by atoms with Crippen LogP contribution in [0.5, 0.6) is 0 Å². The first kappa shape index (κ1) is 17.1. The van der Waals surface area contributed by atoms with Crippen LogP contribution < -0.4 is 21.5 Å². The van der Waals surface area contributed by atoms with Crippen molar-refractivity contribution in [2.75, 3.05) is 0 Å². The summed E-state index contributed by atoms with van der Waals surface area (Å²) < 4.78 is 2.16. The van der Waals surface area contributed by atoms with Crippen molar-refractivity contribution in [1.29, 1.82) is 5.26 Å². The number of halogens is 1. The Hall–Kier alpha value is -0.880. The first-order valence-corrected chi connectivity index (χ1v) is 6.76. The van der Waals surface area contributed by atoms with Gasteiger partial charge in [0, 0.05) is 18.6 Å². The number of hydrogen-bond donors (Lipinski definition) is 0. The number of nitrogens with zero attached hydrogens (tertiary/aromatic N) is 2. The minimum Gasteiger partial charge on any atom is -1.00 e. The average Bonchev–Trinajstić information content (AvgIpc) is 2.38. The molecule has 100 valence electrons. The van der Waals surface area contributed by atoms with Crippen LogP contribution in [0, 0.1) is 11.3 Å². The lowest BCUT2D eigenvalue weighted by atomic mass is 10.1. The van der Waals surface area contributed by atoms with Crippen LogP contribution in [-0.4, -0.2) is 0 Å². The Labute approximate surface area is 121 Å². The summed E-state index contributed by atoms with van der Waals surface area (Å²) in [6.45, 7) is 3.32. The van der Waals surface area contributed by atoms with Gasteiger partial charge in [0.05, 0.1) is 11.6 Å². The molecule has 0 fully saturated rings. The lowest BCUT2D eigenvalue weighted by Gasteiger charge is -1.99. The summed E-state index contributed by atoms with van der Waals surface area (Å²) in [6, 6.07) is 5.89. The summed E-state index contributed by atoms with van der Waals surface area (Å²) in [6.07, 6.45) is 13.4. The molecule has 0 atom stereocenters. The van der Waals surface area contributed by atoms with E-state index in [4.69, 9.17) is 5.26 Å². The summed E-state index contributed by atoms with van der Waals surface area (Å²) in [5.74, 6) is 0. The summed E-state index contributed by atoms with van der Waals surface area (Å²) in [4.78, 5) is 0. The van der Waals surface area contributed by atoms with Crippen molar-refractivity contribution in [3.8, 4) is 6.07 Å². The molecular weight excluding hydrogens is 288 g/mol. The molecule has 1 aromatic heterocycles. The molecule has 0 saturated carbocycles. The Kier molecular flexibility index (Phi) is 10.7. The van der Waals surface area contributed by atoms with Gasteiger partial charge >= 0.3 is 0 Å². The second-order valence-corrected chi connectivity index (χ2v) is 4.56. The molecule has 0 unspecified atom stereocenters. The van der Waals surface area contributed by atoms with Crippen molar-refractivity contribution in [3.63, 3.8) is 0 Å². The molecule has 0 spiro atoms. The molecular formula is C15H23BrN2. The molecule has 2 nitrogen and oxygen atoms in total. The van der Waals surface area contributed by atoms with Crippen LogP contribution in [0.1, 0.15) is 57.4 Å². The largest absolute Gasteiger partial charge is 1.00 e. The summed E-state index contributed by atoms with van der Waals surface area (Å²) in [7, 11) is 0.